The fourth-order valence-corrected chi connectivity index (χ4v) is 2.67. The molecule has 0 spiro atoms. The number of thioether (sulfide) groups is 1. The Morgan fingerprint density at radius 2 is 2.18 bits per heavy atom. The summed E-state index contributed by atoms with van der Waals surface area (Å²) in [4.78, 5) is 19.1. The molecule has 1 aromatic rings. The van der Waals surface area contributed by atoms with Gasteiger partial charge in [-0.15, -0.1) is 11.8 Å². The number of nitrogens with zero attached hydrogens (tertiary/aromatic N) is 2. The van der Waals surface area contributed by atoms with Crippen molar-refractivity contribution in [2.75, 3.05) is 18.6 Å². The Morgan fingerprint density at radius 3 is 2.82 bits per heavy atom. The van der Waals surface area contributed by atoms with Gasteiger partial charge in [0.2, 0.25) is 0 Å². The summed E-state index contributed by atoms with van der Waals surface area (Å²) in [5.74, 6) is 0.717. The van der Waals surface area contributed by atoms with Crippen molar-refractivity contribution < 1.29 is 4.79 Å². The fourth-order valence-electron chi connectivity index (χ4n) is 1.68. The monoisotopic (exact) mass is 251 g/mol. The van der Waals surface area contributed by atoms with Crippen molar-refractivity contribution >= 4 is 23.5 Å². The Hall–Kier alpha value is -1.23. The molecule has 0 aromatic carbocycles. The molecule has 4 nitrogen and oxygen atoms in total. The predicted octanol–water partition coefficient (Wildman–Crippen LogP) is 2.11. The molecule has 0 radical (unpaired) electrons. The highest BCUT2D eigenvalue weighted by molar-refractivity contribution is 8.00. The van der Waals surface area contributed by atoms with Crippen LogP contribution in [0.15, 0.2) is 17.2 Å². The minimum atomic E-state index is -0.0399. The number of pyridine rings is 1. The predicted molar refractivity (Wildman–Crippen MR) is 70.6 cm³/mol. The van der Waals surface area contributed by atoms with E-state index in [1.807, 2.05) is 24.2 Å². The first-order chi connectivity index (χ1) is 7.87. The van der Waals surface area contributed by atoms with Gasteiger partial charge in [0.05, 0.1) is 12.2 Å². The molecule has 1 aliphatic heterocycles. The lowest BCUT2D eigenvalue weighted by Gasteiger charge is -2.27. The molecule has 5 heteroatoms. The molecule has 0 atom stereocenters. The van der Waals surface area contributed by atoms with Crippen molar-refractivity contribution in [1.29, 1.82) is 0 Å². The van der Waals surface area contributed by atoms with Crippen LogP contribution in [0.5, 0.6) is 0 Å². The van der Waals surface area contributed by atoms with Gasteiger partial charge < -0.3 is 10.2 Å². The molecular formula is C12H17N3OS. The largest absolute Gasteiger partial charge is 0.341 e. The smallest absolute Gasteiger partial charge is 0.256 e. The van der Waals surface area contributed by atoms with Crippen molar-refractivity contribution in [3.63, 3.8) is 0 Å². The summed E-state index contributed by atoms with van der Waals surface area (Å²) in [6.45, 7) is 6.94. The molecule has 2 heterocycles. The number of carbonyl (C=O) groups excluding carboxylic acids is 1. The molecule has 0 bridgehead atoms. The first-order valence-corrected chi connectivity index (χ1v) is 6.37. The lowest BCUT2D eigenvalue weighted by Crippen LogP contribution is -2.41. The lowest BCUT2D eigenvalue weighted by molar-refractivity contribution is 0.0947. The Kier molecular flexibility index (Phi) is 3.03. The van der Waals surface area contributed by atoms with Crippen LogP contribution in [-0.2, 0) is 0 Å². The van der Waals surface area contributed by atoms with Crippen molar-refractivity contribution in [2.24, 2.45) is 0 Å². The van der Waals surface area contributed by atoms with Gasteiger partial charge in [-0.05, 0) is 6.07 Å². The van der Waals surface area contributed by atoms with Gasteiger partial charge in [0.1, 0.15) is 5.82 Å². The highest BCUT2D eigenvalue weighted by Gasteiger charge is 2.23. The van der Waals surface area contributed by atoms with E-state index < -0.39 is 0 Å². The van der Waals surface area contributed by atoms with Crippen LogP contribution in [0.1, 0.15) is 31.1 Å². The molecular weight excluding hydrogens is 234 g/mol. The minimum Gasteiger partial charge on any atom is -0.341 e. The molecule has 1 N–H and O–H groups in total. The molecule has 2 rings (SSSR count). The molecule has 0 fully saturated rings. The second kappa shape index (κ2) is 4.22. The number of nitrogens with one attached hydrogen (secondary N) is 1. The van der Waals surface area contributed by atoms with Crippen molar-refractivity contribution in [1.82, 2.24) is 10.3 Å². The van der Waals surface area contributed by atoms with Crippen LogP contribution in [-0.4, -0.2) is 29.4 Å². The van der Waals surface area contributed by atoms with Crippen LogP contribution in [0.3, 0.4) is 0 Å². The van der Waals surface area contributed by atoms with Crippen LogP contribution < -0.4 is 10.2 Å². The average molecular weight is 251 g/mol. The van der Waals surface area contributed by atoms with Gasteiger partial charge >= 0.3 is 0 Å². The second-order valence-electron chi connectivity index (χ2n) is 5.12. The van der Waals surface area contributed by atoms with Gasteiger partial charge in [-0.1, -0.05) is 20.8 Å². The Bertz CT molecular complexity index is 454. The minimum absolute atomic E-state index is 0.0399. The lowest BCUT2D eigenvalue weighted by atomic mass is 10.2. The Morgan fingerprint density at radius 1 is 1.47 bits per heavy atom. The van der Waals surface area contributed by atoms with E-state index in [9.17, 15) is 4.79 Å². The van der Waals surface area contributed by atoms with E-state index in [1.165, 1.54) is 0 Å². The highest BCUT2D eigenvalue weighted by atomic mass is 32.2. The van der Waals surface area contributed by atoms with E-state index in [4.69, 9.17) is 0 Å². The summed E-state index contributed by atoms with van der Waals surface area (Å²) in [6, 6.07) is 1.92. The summed E-state index contributed by atoms with van der Waals surface area (Å²) in [5, 5.41) is 2.82. The average Bonchev–Trinajstić information content (AvgIpc) is 2.21. The number of carbonyl (C=O) groups is 1. The highest BCUT2D eigenvalue weighted by Crippen LogP contribution is 2.33. The number of anilines is 1. The molecule has 0 aliphatic carbocycles. The van der Waals surface area contributed by atoms with E-state index in [0.29, 0.717) is 12.2 Å². The summed E-state index contributed by atoms with van der Waals surface area (Å²) < 4.78 is 0.118. The van der Waals surface area contributed by atoms with Gasteiger partial charge in [0, 0.05) is 22.9 Å². The molecule has 0 saturated heterocycles. The molecule has 0 saturated carbocycles. The number of amides is 1. The fraction of sp³-hybridized carbons (Fsp3) is 0.500. The number of rotatable bonds is 1. The standard InChI is InChI=1S/C12H17N3OS/c1-12(2,3)17-8-5-9-10(13-6-8)15(4)7-14-11(9)16/h5-6H,7H2,1-4H3,(H,14,16). The zero-order valence-corrected chi connectivity index (χ0v) is 11.4. The van der Waals surface area contributed by atoms with Gasteiger partial charge in [-0.25, -0.2) is 4.98 Å². The van der Waals surface area contributed by atoms with Crippen LogP contribution in [0.2, 0.25) is 0 Å². The van der Waals surface area contributed by atoms with E-state index >= 15 is 0 Å². The SMILES string of the molecule is CN1CNC(=O)c2cc(SC(C)(C)C)cnc21. The zero-order valence-electron chi connectivity index (χ0n) is 10.6. The topological polar surface area (TPSA) is 45.2 Å². The molecule has 1 amide bonds. The van der Waals surface area contributed by atoms with Gasteiger partial charge in [-0.2, -0.15) is 0 Å². The van der Waals surface area contributed by atoms with Crippen LogP contribution in [0, 0.1) is 0 Å². The molecule has 1 aromatic heterocycles. The molecule has 92 valence electrons. The third kappa shape index (κ3) is 2.72. The van der Waals surface area contributed by atoms with Gasteiger partial charge in [0.15, 0.2) is 0 Å². The zero-order chi connectivity index (χ0) is 12.6. The van der Waals surface area contributed by atoms with Crippen molar-refractivity contribution in [3.05, 3.63) is 17.8 Å². The van der Waals surface area contributed by atoms with E-state index in [-0.39, 0.29) is 10.7 Å². The van der Waals surface area contributed by atoms with Gasteiger partial charge in [-0.3, -0.25) is 4.79 Å². The number of aromatic nitrogens is 1. The number of hydrogen-bond acceptors (Lipinski definition) is 4. The number of hydrogen-bond donors (Lipinski definition) is 1. The molecule has 1 aliphatic rings. The molecule has 17 heavy (non-hydrogen) atoms. The normalized spacial score (nSPS) is 15.5. The Labute approximate surface area is 106 Å². The summed E-state index contributed by atoms with van der Waals surface area (Å²) >= 11 is 1.72. The third-order valence-electron chi connectivity index (χ3n) is 2.35. The van der Waals surface area contributed by atoms with Crippen LogP contribution >= 0.6 is 11.8 Å². The summed E-state index contributed by atoms with van der Waals surface area (Å²) in [5.41, 5.74) is 0.660. The van der Waals surface area contributed by atoms with Gasteiger partial charge in [0.25, 0.3) is 5.91 Å². The van der Waals surface area contributed by atoms with E-state index in [2.05, 4.69) is 31.1 Å². The maximum atomic E-state index is 11.8. The first-order valence-electron chi connectivity index (χ1n) is 5.55. The maximum Gasteiger partial charge on any atom is 0.256 e. The van der Waals surface area contributed by atoms with Crippen LogP contribution in [0.4, 0.5) is 5.82 Å². The van der Waals surface area contributed by atoms with E-state index in [1.54, 1.807) is 11.8 Å². The quantitative estimate of drug-likeness (QED) is 0.776. The van der Waals surface area contributed by atoms with E-state index in [0.717, 1.165) is 10.7 Å². The molecule has 0 unspecified atom stereocenters. The summed E-state index contributed by atoms with van der Waals surface area (Å²) in [6.07, 6.45) is 1.84. The third-order valence-corrected chi connectivity index (χ3v) is 3.42. The second-order valence-corrected chi connectivity index (χ2v) is 7.02. The van der Waals surface area contributed by atoms with Crippen molar-refractivity contribution in [2.45, 2.75) is 30.4 Å². The Balaban J connectivity index is 2.36. The van der Waals surface area contributed by atoms with Crippen LogP contribution in [0.25, 0.3) is 0 Å². The summed E-state index contributed by atoms with van der Waals surface area (Å²) in [7, 11) is 1.92. The number of fused-ring (bicyclic) bond motifs is 1. The maximum absolute atomic E-state index is 11.8. The first kappa shape index (κ1) is 12.2. The van der Waals surface area contributed by atoms with Crippen molar-refractivity contribution in [3.8, 4) is 0 Å².